The first-order valence-electron chi connectivity index (χ1n) is 11.6. The third kappa shape index (κ3) is 6.30. The number of esters is 1. The number of thiazole rings is 1. The SMILES string of the molecule is CC(C)(C)OC(=O)CN(Sc1cc(Cl)cc(Cl)c1)c1ccc2c(ccn2-c2cc(-c3nccs3)ncn2)c1. The van der Waals surface area contributed by atoms with Gasteiger partial charge in [-0.15, -0.1) is 11.3 Å². The van der Waals surface area contributed by atoms with Crippen LogP contribution in [0.25, 0.3) is 27.4 Å². The number of ether oxygens (including phenoxy) is 1. The lowest BCUT2D eigenvalue weighted by molar-refractivity contribution is -0.152. The summed E-state index contributed by atoms with van der Waals surface area (Å²) in [6.45, 7) is 5.57. The first-order chi connectivity index (χ1) is 18.1. The van der Waals surface area contributed by atoms with E-state index < -0.39 is 5.60 Å². The van der Waals surface area contributed by atoms with Crippen molar-refractivity contribution in [3.63, 3.8) is 0 Å². The number of anilines is 1. The summed E-state index contributed by atoms with van der Waals surface area (Å²) in [5.41, 5.74) is 1.96. The zero-order valence-corrected chi connectivity index (χ0v) is 23.9. The third-order valence-electron chi connectivity index (χ3n) is 5.26. The number of hydrogen-bond donors (Lipinski definition) is 0. The lowest BCUT2D eigenvalue weighted by Crippen LogP contribution is -2.31. The summed E-state index contributed by atoms with van der Waals surface area (Å²) in [6, 6.07) is 15.2. The second-order valence-electron chi connectivity index (χ2n) is 9.35. The van der Waals surface area contributed by atoms with Crippen LogP contribution in [0.1, 0.15) is 20.8 Å². The van der Waals surface area contributed by atoms with Gasteiger partial charge in [0.05, 0.1) is 5.52 Å². The van der Waals surface area contributed by atoms with Crippen LogP contribution in [0.4, 0.5) is 5.69 Å². The van der Waals surface area contributed by atoms with Gasteiger partial charge in [0.1, 0.15) is 35.0 Å². The van der Waals surface area contributed by atoms with Gasteiger partial charge in [-0.05, 0) is 75.2 Å². The average molecular weight is 585 g/mol. The number of rotatable bonds is 7. The molecule has 0 bridgehead atoms. The molecule has 0 spiro atoms. The van der Waals surface area contributed by atoms with Crippen LogP contribution >= 0.6 is 46.5 Å². The van der Waals surface area contributed by atoms with Crippen LogP contribution in [0.5, 0.6) is 0 Å². The minimum atomic E-state index is -0.594. The van der Waals surface area contributed by atoms with Crippen molar-refractivity contribution < 1.29 is 9.53 Å². The molecule has 0 saturated carbocycles. The summed E-state index contributed by atoms with van der Waals surface area (Å²) in [4.78, 5) is 26.8. The van der Waals surface area contributed by atoms with Crippen LogP contribution in [-0.2, 0) is 9.53 Å². The second kappa shape index (κ2) is 10.9. The van der Waals surface area contributed by atoms with Gasteiger partial charge in [0.15, 0.2) is 0 Å². The Hall–Kier alpha value is -3.11. The average Bonchev–Trinajstić information content (AvgIpc) is 3.52. The number of carbonyl (C=O) groups excluding carboxylic acids is 1. The summed E-state index contributed by atoms with van der Waals surface area (Å²) in [6.07, 6.45) is 5.26. The molecule has 0 unspecified atom stereocenters. The van der Waals surface area contributed by atoms with Crippen LogP contribution in [0.15, 0.2) is 77.5 Å². The molecule has 5 rings (SSSR count). The molecule has 0 aliphatic carbocycles. The first-order valence-corrected chi connectivity index (χ1v) is 14.0. The van der Waals surface area contributed by atoms with Crippen LogP contribution in [-0.4, -0.2) is 37.6 Å². The molecule has 0 fully saturated rings. The van der Waals surface area contributed by atoms with Crippen molar-refractivity contribution in [2.45, 2.75) is 31.3 Å². The van der Waals surface area contributed by atoms with Crippen LogP contribution in [0, 0.1) is 0 Å². The normalized spacial score (nSPS) is 11.6. The Kier molecular flexibility index (Phi) is 7.63. The fraction of sp³-hybridized carbons (Fsp3) is 0.185. The second-order valence-corrected chi connectivity index (χ2v) is 12.2. The molecule has 0 amide bonds. The molecular weight excluding hydrogens is 561 g/mol. The predicted octanol–water partition coefficient (Wildman–Crippen LogP) is 7.71. The van der Waals surface area contributed by atoms with Crippen molar-refractivity contribution in [2.24, 2.45) is 0 Å². The predicted molar refractivity (Wildman–Crippen MR) is 155 cm³/mol. The van der Waals surface area contributed by atoms with Crippen LogP contribution in [0.2, 0.25) is 10.0 Å². The van der Waals surface area contributed by atoms with E-state index in [9.17, 15) is 4.79 Å². The minimum absolute atomic E-state index is 0.0291. The van der Waals surface area contributed by atoms with Crippen LogP contribution < -0.4 is 4.31 Å². The number of aromatic nitrogens is 4. The van der Waals surface area contributed by atoms with Gasteiger partial charge >= 0.3 is 5.97 Å². The minimum Gasteiger partial charge on any atom is -0.459 e. The number of halogens is 2. The van der Waals surface area contributed by atoms with E-state index in [1.54, 1.807) is 18.6 Å². The molecule has 38 heavy (non-hydrogen) atoms. The molecule has 11 heteroatoms. The van der Waals surface area contributed by atoms with Gasteiger partial charge in [0.2, 0.25) is 0 Å². The largest absolute Gasteiger partial charge is 0.459 e. The van der Waals surface area contributed by atoms with Gasteiger partial charge in [0, 0.05) is 49.9 Å². The van der Waals surface area contributed by atoms with E-state index in [-0.39, 0.29) is 12.5 Å². The molecule has 3 heterocycles. The van der Waals surface area contributed by atoms with Gasteiger partial charge in [-0.25, -0.2) is 15.0 Å². The maximum Gasteiger partial charge on any atom is 0.327 e. The van der Waals surface area contributed by atoms with Crippen molar-refractivity contribution in [1.82, 2.24) is 19.5 Å². The molecule has 0 saturated heterocycles. The van der Waals surface area contributed by atoms with Crippen molar-refractivity contribution in [1.29, 1.82) is 0 Å². The Bertz CT molecular complexity index is 1580. The zero-order valence-electron chi connectivity index (χ0n) is 20.8. The summed E-state index contributed by atoms with van der Waals surface area (Å²) in [7, 11) is 0. The van der Waals surface area contributed by atoms with E-state index in [2.05, 4.69) is 15.0 Å². The fourth-order valence-corrected chi connectivity index (χ4v) is 6.07. The zero-order chi connectivity index (χ0) is 26.9. The van der Waals surface area contributed by atoms with Gasteiger partial charge in [-0.2, -0.15) is 0 Å². The number of hydrogen-bond acceptors (Lipinski definition) is 8. The molecule has 0 aliphatic heterocycles. The Morgan fingerprint density at radius 1 is 1.05 bits per heavy atom. The number of carbonyl (C=O) groups is 1. The molecule has 7 nitrogen and oxygen atoms in total. The third-order valence-corrected chi connectivity index (χ3v) is 7.50. The van der Waals surface area contributed by atoms with Crippen molar-refractivity contribution in [3.05, 3.63) is 82.7 Å². The molecule has 3 aromatic heterocycles. The number of nitrogens with zero attached hydrogens (tertiary/aromatic N) is 5. The Morgan fingerprint density at radius 2 is 1.84 bits per heavy atom. The Balaban J connectivity index is 1.48. The highest BCUT2D eigenvalue weighted by molar-refractivity contribution is 8.00. The molecular formula is C27H23Cl2N5O2S2. The topological polar surface area (TPSA) is 73.1 Å². The van der Waals surface area contributed by atoms with Gasteiger partial charge in [-0.1, -0.05) is 23.2 Å². The standard InChI is InChI=1S/C27H23Cl2N5O2S2/c1-27(2,3)36-25(35)15-34(38-21-12-18(28)11-19(29)13-21)20-4-5-23-17(10-20)6-8-33(23)24-14-22(31-16-32-24)26-30-7-9-37-26/h4-14,16H,15H2,1-3H3. The lowest BCUT2D eigenvalue weighted by Gasteiger charge is -2.26. The van der Waals surface area contributed by atoms with E-state index in [0.717, 1.165) is 38.0 Å². The van der Waals surface area contributed by atoms with E-state index >= 15 is 0 Å². The highest BCUT2D eigenvalue weighted by atomic mass is 35.5. The molecule has 2 aromatic carbocycles. The number of benzene rings is 2. The van der Waals surface area contributed by atoms with Crippen molar-refractivity contribution in [3.8, 4) is 16.5 Å². The van der Waals surface area contributed by atoms with Crippen molar-refractivity contribution in [2.75, 3.05) is 10.8 Å². The summed E-state index contributed by atoms with van der Waals surface area (Å²) < 4.78 is 9.47. The smallest absolute Gasteiger partial charge is 0.327 e. The maximum absolute atomic E-state index is 12.8. The van der Waals surface area contributed by atoms with Crippen LogP contribution in [0.3, 0.4) is 0 Å². The molecule has 194 valence electrons. The molecule has 0 aliphatic rings. The fourth-order valence-electron chi connectivity index (χ4n) is 3.81. The number of fused-ring (bicyclic) bond motifs is 1. The maximum atomic E-state index is 12.8. The lowest BCUT2D eigenvalue weighted by atomic mass is 10.2. The Morgan fingerprint density at radius 3 is 2.55 bits per heavy atom. The van der Waals surface area contributed by atoms with E-state index in [0.29, 0.717) is 10.0 Å². The van der Waals surface area contributed by atoms with E-state index in [1.165, 1.54) is 23.3 Å². The van der Waals surface area contributed by atoms with Gasteiger partial charge in [-0.3, -0.25) is 4.79 Å². The summed E-state index contributed by atoms with van der Waals surface area (Å²) in [5.74, 6) is 0.396. The van der Waals surface area contributed by atoms with Gasteiger partial charge < -0.3 is 13.6 Å². The van der Waals surface area contributed by atoms with Gasteiger partial charge in [0.25, 0.3) is 0 Å². The highest BCUT2D eigenvalue weighted by Gasteiger charge is 2.21. The molecule has 0 atom stereocenters. The van der Waals surface area contributed by atoms with E-state index in [1.807, 2.05) is 83.7 Å². The Labute approximate surface area is 238 Å². The molecule has 5 aromatic rings. The molecule has 0 N–H and O–H groups in total. The monoisotopic (exact) mass is 583 g/mol. The quantitative estimate of drug-likeness (QED) is 0.143. The van der Waals surface area contributed by atoms with E-state index in [4.69, 9.17) is 27.9 Å². The summed E-state index contributed by atoms with van der Waals surface area (Å²) in [5, 5.41) is 4.78. The van der Waals surface area contributed by atoms with Crippen molar-refractivity contribution >= 4 is 69.0 Å². The first kappa shape index (κ1) is 26.5. The summed E-state index contributed by atoms with van der Waals surface area (Å²) >= 11 is 15.4. The molecule has 0 radical (unpaired) electrons. The highest BCUT2D eigenvalue weighted by Crippen LogP contribution is 2.35.